The number of thioether (sulfide) groups is 1. The molecule has 21 heavy (non-hydrogen) atoms. The van der Waals surface area contributed by atoms with Crippen molar-refractivity contribution in [2.24, 2.45) is 0 Å². The summed E-state index contributed by atoms with van der Waals surface area (Å²) in [6, 6.07) is 0. The van der Waals surface area contributed by atoms with E-state index in [-0.39, 0.29) is 0 Å². The fourth-order valence-electron chi connectivity index (χ4n) is 2.36. The van der Waals surface area contributed by atoms with Crippen LogP contribution in [0.4, 0.5) is 11.6 Å². The summed E-state index contributed by atoms with van der Waals surface area (Å²) in [7, 11) is -3.17. The fraction of sp³-hybridized carbons (Fsp3) is 0.692. The molecule has 1 saturated heterocycles. The monoisotopic (exact) mass is 330 g/mol. The van der Waals surface area contributed by atoms with Crippen LogP contribution in [0.3, 0.4) is 0 Å². The summed E-state index contributed by atoms with van der Waals surface area (Å²) in [4.78, 5) is 10.7. The number of hydrogen-bond donors (Lipinski definition) is 1. The van der Waals surface area contributed by atoms with E-state index in [1.165, 1.54) is 6.26 Å². The summed E-state index contributed by atoms with van der Waals surface area (Å²) in [6.07, 6.45) is 2.94. The van der Waals surface area contributed by atoms with E-state index in [9.17, 15) is 8.42 Å². The Morgan fingerprint density at radius 2 is 2.14 bits per heavy atom. The lowest BCUT2D eigenvalue weighted by Gasteiger charge is -2.36. The molecule has 0 spiro atoms. The maximum atomic E-state index is 12.0. The number of rotatable bonds is 4. The van der Waals surface area contributed by atoms with Crippen molar-refractivity contribution < 1.29 is 8.42 Å². The van der Waals surface area contributed by atoms with Crippen molar-refractivity contribution in [3.05, 3.63) is 11.4 Å². The average Bonchev–Trinajstić information content (AvgIpc) is 2.42. The standard InChI is InChI=1S/C13H22N4O2S2/c1-4-5-10-15-12(14)9(2)13(16-10)17-6-7-20-8-11(17)21(3,18)19/h11H,4-8H2,1-3H3,(H2,14,15,16). The predicted octanol–water partition coefficient (Wildman–Crippen LogP) is 1.24. The van der Waals surface area contributed by atoms with Crippen molar-refractivity contribution in [3.8, 4) is 0 Å². The Kier molecular flexibility index (Phi) is 4.98. The van der Waals surface area contributed by atoms with Gasteiger partial charge in [0.1, 0.15) is 22.8 Å². The Labute approximate surface area is 130 Å². The molecule has 2 heterocycles. The van der Waals surface area contributed by atoms with E-state index in [4.69, 9.17) is 5.73 Å². The van der Waals surface area contributed by atoms with Crippen molar-refractivity contribution in [2.45, 2.75) is 32.1 Å². The Balaban J connectivity index is 2.47. The SMILES string of the molecule is CCCc1nc(N)c(C)c(N2CCSCC2S(C)(=O)=O)n1. The number of aromatic nitrogens is 2. The van der Waals surface area contributed by atoms with Crippen LogP contribution in [0.2, 0.25) is 0 Å². The van der Waals surface area contributed by atoms with Crippen molar-refractivity contribution in [3.63, 3.8) is 0 Å². The molecule has 0 radical (unpaired) electrons. The molecule has 1 aromatic heterocycles. The van der Waals surface area contributed by atoms with Crippen LogP contribution >= 0.6 is 11.8 Å². The molecular formula is C13H22N4O2S2. The highest BCUT2D eigenvalue weighted by atomic mass is 32.2. The van der Waals surface area contributed by atoms with E-state index < -0.39 is 15.2 Å². The van der Waals surface area contributed by atoms with Crippen LogP contribution in [0.5, 0.6) is 0 Å². The van der Waals surface area contributed by atoms with Crippen molar-refractivity contribution in [2.75, 3.05) is 34.9 Å². The van der Waals surface area contributed by atoms with Crippen LogP contribution in [0.15, 0.2) is 0 Å². The van der Waals surface area contributed by atoms with E-state index in [1.54, 1.807) is 11.8 Å². The van der Waals surface area contributed by atoms with Crippen LogP contribution in [0, 0.1) is 6.92 Å². The van der Waals surface area contributed by atoms with Gasteiger partial charge in [0.25, 0.3) is 0 Å². The van der Waals surface area contributed by atoms with E-state index in [0.29, 0.717) is 29.8 Å². The van der Waals surface area contributed by atoms with Gasteiger partial charge in [-0.05, 0) is 13.3 Å². The lowest BCUT2D eigenvalue weighted by Crippen LogP contribution is -2.47. The molecule has 0 bridgehead atoms. The summed E-state index contributed by atoms with van der Waals surface area (Å²) in [6.45, 7) is 4.56. The zero-order valence-corrected chi connectivity index (χ0v) is 14.3. The molecule has 118 valence electrons. The molecule has 6 nitrogen and oxygen atoms in total. The lowest BCUT2D eigenvalue weighted by atomic mass is 10.2. The molecule has 1 aromatic rings. The second-order valence-corrected chi connectivity index (χ2v) is 8.63. The number of sulfone groups is 1. The van der Waals surface area contributed by atoms with Gasteiger partial charge in [0.2, 0.25) is 0 Å². The molecule has 2 N–H and O–H groups in total. The minimum Gasteiger partial charge on any atom is -0.383 e. The quantitative estimate of drug-likeness (QED) is 0.888. The molecule has 2 rings (SSSR count). The first-order chi connectivity index (χ1) is 9.84. The summed E-state index contributed by atoms with van der Waals surface area (Å²) in [5.74, 6) is 3.24. The van der Waals surface area contributed by atoms with E-state index >= 15 is 0 Å². The Hall–Kier alpha value is -1.02. The van der Waals surface area contributed by atoms with Gasteiger partial charge in [0.15, 0.2) is 9.84 Å². The van der Waals surface area contributed by atoms with Crippen LogP contribution < -0.4 is 10.6 Å². The number of nitrogen functional groups attached to an aromatic ring is 1. The Morgan fingerprint density at radius 3 is 2.76 bits per heavy atom. The number of nitrogens with two attached hydrogens (primary N) is 1. The van der Waals surface area contributed by atoms with Gasteiger partial charge >= 0.3 is 0 Å². The highest BCUT2D eigenvalue weighted by Gasteiger charge is 2.33. The van der Waals surface area contributed by atoms with Gasteiger partial charge in [-0.2, -0.15) is 11.8 Å². The summed E-state index contributed by atoms with van der Waals surface area (Å²) >= 11 is 1.66. The molecule has 1 aliphatic heterocycles. The summed E-state index contributed by atoms with van der Waals surface area (Å²) in [5, 5.41) is -0.543. The molecule has 1 unspecified atom stereocenters. The minimum atomic E-state index is -3.17. The smallest absolute Gasteiger partial charge is 0.169 e. The molecular weight excluding hydrogens is 308 g/mol. The van der Waals surface area contributed by atoms with Gasteiger partial charge in [-0.1, -0.05) is 6.92 Å². The number of aryl methyl sites for hydroxylation is 1. The minimum absolute atomic E-state index is 0.439. The van der Waals surface area contributed by atoms with Gasteiger partial charge in [-0.15, -0.1) is 0 Å². The first-order valence-electron chi connectivity index (χ1n) is 7.00. The first kappa shape index (κ1) is 16.4. The highest BCUT2D eigenvalue weighted by Crippen LogP contribution is 2.29. The van der Waals surface area contributed by atoms with Gasteiger partial charge in [0, 0.05) is 36.3 Å². The normalized spacial score (nSPS) is 19.8. The van der Waals surface area contributed by atoms with Gasteiger partial charge in [0.05, 0.1) is 0 Å². The van der Waals surface area contributed by atoms with Gasteiger partial charge in [-0.3, -0.25) is 0 Å². The van der Waals surface area contributed by atoms with Crippen molar-refractivity contribution in [1.29, 1.82) is 0 Å². The average molecular weight is 330 g/mol. The van der Waals surface area contributed by atoms with Crippen LogP contribution in [-0.2, 0) is 16.3 Å². The molecule has 8 heteroatoms. The van der Waals surface area contributed by atoms with E-state index in [2.05, 4.69) is 16.9 Å². The highest BCUT2D eigenvalue weighted by molar-refractivity contribution is 8.01. The van der Waals surface area contributed by atoms with Crippen LogP contribution in [0.25, 0.3) is 0 Å². The zero-order chi connectivity index (χ0) is 15.6. The maximum Gasteiger partial charge on any atom is 0.169 e. The third-order valence-corrected chi connectivity index (χ3v) is 6.17. The Morgan fingerprint density at radius 1 is 1.43 bits per heavy atom. The molecule has 0 amide bonds. The number of hydrogen-bond acceptors (Lipinski definition) is 7. The zero-order valence-electron chi connectivity index (χ0n) is 12.7. The molecule has 1 atom stereocenters. The molecule has 0 aromatic carbocycles. The Bertz CT molecular complexity index is 619. The second-order valence-electron chi connectivity index (χ2n) is 5.28. The van der Waals surface area contributed by atoms with E-state index in [1.807, 2.05) is 11.8 Å². The van der Waals surface area contributed by atoms with Crippen molar-refractivity contribution in [1.82, 2.24) is 9.97 Å². The molecule has 1 fully saturated rings. The van der Waals surface area contributed by atoms with Gasteiger partial charge < -0.3 is 10.6 Å². The topological polar surface area (TPSA) is 89.2 Å². The number of nitrogens with zero attached hydrogens (tertiary/aromatic N) is 3. The lowest BCUT2D eigenvalue weighted by molar-refractivity contribution is 0.583. The third kappa shape index (κ3) is 3.60. The van der Waals surface area contributed by atoms with Crippen molar-refractivity contribution >= 4 is 33.2 Å². The summed E-state index contributed by atoms with van der Waals surface area (Å²) in [5.41, 5.74) is 6.74. The van der Waals surface area contributed by atoms with Crippen LogP contribution in [-0.4, -0.2) is 48.1 Å². The third-order valence-electron chi connectivity index (χ3n) is 3.53. The predicted molar refractivity (Wildman–Crippen MR) is 88.5 cm³/mol. The molecule has 0 aliphatic carbocycles. The fourth-order valence-corrected chi connectivity index (χ4v) is 5.18. The second kappa shape index (κ2) is 6.39. The van der Waals surface area contributed by atoms with E-state index in [0.717, 1.165) is 24.2 Å². The summed E-state index contributed by atoms with van der Waals surface area (Å²) < 4.78 is 24.1. The maximum absolute atomic E-state index is 12.0. The first-order valence-corrected chi connectivity index (χ1v) is 10.1. The largest absolute Gasteiger partial charge is 0.383 e. The number of anilines is 2. The van der Waals surface area contributed by atoms with Gasteiger partial charge in [-0.25, -0.2) is 18.4 Å². The molecule has 0 saturated carbocycles. The van der Waals surface area contributed by atoms with Crippen LogP contribution in [0.1, 0.15) is 24.7 Å². The molecule has 1 aliphatic rings.